The lowest BCUT2D eigenvalue weighted by Gasteiger charge is -2.40. The predicted octanol–water partition coefficient (Wildman–Crippen LogP) is 6.15. The first-order valence-electron chi connectivity index (χ1n) is 18.2. The van der Waals surface area contributed by atoms with E-state index in [4.69, 9.17) is 10.7 Å². The second-order valence-corrected chi connectivity index (χ2v) is 14.2. The number of imidazole rings is 1. The first-order chi connectivity index (χ1) is 23.5. The summed E-state index contributed by atoms with van der Waals surface area (Å²) >= 11 is 0. The maximum absolute atomic E-state index is 13.6. The summed E-state index contributed by atoms with van der Waals surface area (Å²) in [5.41, 5.74) is 11.1. The minimum Gasteiger partial charge on any atom is -0.368 e. The quantitative estimate of drug-likeness (QED) is 0.216. The number of amides is 2. The zero-order valence-corrected chi connectivity index (χ0v) is 28.1. The smallest absolute Gasteiger partial charge is 0.244 e. The van der Waals surface area contributed by atoms with E-state index in [0.717, 1.165) is 82.3 Å². The molecule has 1 aliphatic heterocycles. The maximum Gasteiger partial charge on any atom is 0.244 e. The highest BCUT2D eigenvalue weighted by molar-refractivity contribution is 5.89. The largest absolute Gasteiger partial charge is 0.368 e. The normalized spacial score (nSPS) is 22.0. The lowest BCUT2D eigenvalue weighted by atomic mass is 9.74. The number of hydrogen-bond donors (Lipinski definition) is 2. The van der Waals surface area contributed by atoms with Crippen LogP contribution >= 0.6 is 0 Å². The molecule has 8 nitrogen and oxygen atoms in total. The van der Waals surface area contributed by atoms with Crippen LogP contribution in [0.5, 0.6) is 0 Å². The first kappa shape index (κ1) is 32.5. The Labute approximate surface area is 284 Å². The Balaban J connectivity index is 1.04. The van der Waals surface area contributed by atoms with Crippen LogP contribution in [0, 0.1) is 5.92 Å². The Morgan fingerprint density at radius 1 is 0.771 bits per heavy atom. The van der Waals surface area contributed by atoms with E-state index in [9.17, 15) is 9.59 Å². The number of nitrogens with zero attached hydrogens (tertiary/aromatic N) is 4. The van der Waals surface area contributed by atoms with Crippen molar-refractivity contribution in [1.82, 2.24) is 24.7 Å². The van der Waals surface area contributed by atoms with Gasteiger partial charge in [-0.05, 0) is 60.4 Å². The molecule has 1 saturated heterocycles. The number of para-hydroxylation sites is 2. The SMILES string of the molecule is NC(=O)C(NC(=O)C1CCCC[C@H]1c1ccc(Cn2c(CN3CCN(C4CCCCC4)CC3)nc3ccccc32)cc1)c1ccccc1. The fourth-order valence-electron chi connectivity index (χ4n) is 8.47. The third-order valence-electron chi connectivity index (χ3n) is 11.2. The van der Waals surface area contributed by atoms with E-state index in [1.165, 1.54) is 48.7 Å². The van der Waals surface area contributed by atoms with Crippen molar-refractivity contribution in [2.24, 2.45) is 11.7 Å². The Bertz CT molecular complexity index is 1670. The van der Waals surface area contributed by atoms with Crippen LogP contribution in [0.2, 0.25) is 0 Å². The molecule has 2 heterocycles. The molecule has 0 bridgehead atoms. The van der Waals surface area contributed by atoms with E-state index in [1.807, 2.05) is 30.3 Å². The average molecular weight is 647 g/mol. The molecule has 2 amide bonds. The molecule has 3 atom stereocenters. The molecule has 48 heavy (non-hydrogen) atoms. The molecule has 2 aliphatic carbocycles. The van der Waals surface area contributed by atoms with E-state index >= 15 is 0 Å². The molecule has 0 spiro atoms. The maximum atomic E-state index is 13.6. The highest BCUT2D eigenvalue weighted by Crippen LogP contribution is 2.38. The van der Waals surface area contributed by atoms with Crippen LogP contribution in [0.15, 0.2) is 78.9 Å². The van der Waals surface area contributed by atoms with Crippen molar-refractivity contribution in [3.05, 3.63) is 101 Å². The molecule has 7 rings (SSSR count). The Kier molecular flexibility index (Phi) is 10.2. The number of piperazine rings is 1. The summed E-state index contributed by atoms with van der Waals surface area (Å²) in [5, 5.41) is 2.99. The van der Waals surface area contributed by atoms with Gasteiger partial charge in [0.05, 0.1) is 17.6 Å². The summed E-state index contributed by atoms with van der Waals surface area (Å²) in [6, 6.07) is 26.6. The molecule has 4 aromatic rings. The van der Waals surface area contributed by atoms with Crippen LogP contribution in [0.3, 0.4) is 0 Å². The van der Waals surface area contributed by atoms with Crippen LogP contribution in [0.25, 0.3) is 11.0 Å². The number of nitrogens with one attached hydrogen (secondary N) is 1. The minimum atomic E-state index is -0.830. The van der Waals surface area contributed by atoms with Crippen LogP contribution in [-0.2, 0) is 22.7 Å². The fraction of sp³-hybridized carbons (Fsp3) is 0.475. The Hall–Kier alpha value is -4.01. The van der Waals surface area contributed by atoms with Gasteiger partial charge in [0, 0.05) is 44.7 Å². The summed E-state index contributed by atoms with van der Waals surface area (Å²) in [7, 11) is 0. The van der Waals surface area contributed by atoms with E-state index in [1.54, 1.807) is 0 Å². The third kappa shape index (κ3) is 7.35. The minimum absolute atomic E-state index is 0.0921. The number of nitrogens with two attached hydrogens (primary N) is 1. The number of carbonyl (C=O) groups excluding carboxylic acids is 2. The number of primary amides is 1. The van der Waals surface area contributed by atoms with Gasteiger partial charge in [-0.1, -0.05) is 98.8 Å². The van der Waals surface area contributed by atoms with Crippen LogP contribution < -0.4 is 11.1 Å². The molecule has 2 saturated carbocycles. The number of fused-ring (bicyclic) bond motifs is 1. The summed E-state index contributed by atoms with van der Waals surface area (Å²) in [4.78, 5) is 36.4. The highest BCUT2D eigenvalue weighted by Gasteiger charge is 2.34. The summed E-state index contributed by atoms with van der Waals surface area (Å²) < 4.78 is 2.39. The van der Waals surface area contributed by atoms with E-state index < -0.39 is 11.9 Å². The summed E-state index contributed by atoms with van der Waals surface area (Å²) in [6.45, 7) is 6.11. The van der Waals surface area contributed by atoms with Crippen LogP contribution in [-0.4, -0.2) is 63.4 Å². The molecule has 1 aromatic heterocycles. The van der Waals surface area contributed by atoms with Crippen molar-refractivity contribution in [2.45, 2.75) is 88.9 Å². The van der Waals surface area contributed by atoms with E-state index in [0.29, 0.717) is 5.56 Å². The molecule has 3 N–H and O–H groups in total. The standard InChI is InChI=1S/C40H50N6O2/c41-39(47)38(31-11-3-1-4-12-31)43-40(48)34-16-8-7-15-33(34)30-21-19-29(20-22-30)27-46-36-18-10-9-17-35(36)42-37(46)28-44-23-25-45(26-24-44)32-13-5-2-6-14-32/h1,3-4,9-12,17-22,32-34,38H,2,5-8,13-16,23-28H2,(H2,41,47)(H,43,48)/t33-,34?,38?/m0/s1. The number of aromatic nitrogens is 2. The zero-order valence-electron chi connectivity index (χ0n) is 28.1. The average Bonchev–Trinajstić information content (AvgIpc) is 3.48. The van der Waals surface area contributed by atoms with Gasteiger partial charge in [0.1, 0.15) is 11.9 Å². The Morgan fingerprint density at radius 3 is 2.21 bits per heavy atom. The molecule has 3 fully saturated rings. The molecule has 8 heteroatoms. The lowest BCUT2D eigenvalue weighted by molar-refractivity contribution is -0.131. The van der Waals surface area contributed by atoms with Crippen molar-refractivity contribution in [3.8, 4) is 0 Å². The second kappa shape index (κ2) is 15.0. The molecule has 3 aromatic carbocycles. The van der Waals surface area contributed by atoms with Gasteiger partial charge in [-0.15, -0.1) is 0 Å². The first-order valence-corrected chi connectivity index (χ1v) is 18.2. The van der Waals surface area contributed by atoms with Gasteiger partial charge in [0.25, 0.3) is 0 Å². The molecular formula is C40H50N6O2. The van der Waals surface area contributed by atoms with Crippen LogP contribution in [0.1, 0.15) is 92.3 Å². The topological polar surface area (TPSA) is 96.5 Å². The number of benzene rings is 3. The number of carbonyl (C=O) groups is 2. The van der Waals surface area contributed by atoms with Crippen molar-refractivity contribution >= 4 is 22.8 Å². The monoisotopic (exact) mass is 646 g/mol. The third-order valence-corrected chi connectivity index (χ3v) is 11.2. The van der Waals surface area contributed by atoms with Gasteiger partial charge < -0.3 is 15.6 Å². The van der Waals surface area contributed by atoms with Gasteiger partial charge >= 0.3 is 0 Å². The van der Waals surface area contributed by atoms with Gasteiger partial charge in [0.2, 0.25) is 11.8 Å². The van der Waals surface area contributed by atoms with Crippen molar-refractivity contribution in [2.75, 3.05) is 26.2 Å². The molecule has 2 unspecified atom stereocenters. The molecule has 0 radical (unpaired) electrons. The van der Waals surface area contributed by atoms with Crippen molar-refractivity contribution in [1.29, 1.82) is 0 Å². The zero-order chi connectivity index (χ0) is 32.9. The highest BCUT2D eigenvalue weighted by atomic mass is 16.2. The van der Waals surface area contributed by atoms with Gasteiger partial charge in [-0.25, -0.2) is 4.98 Å². The predicted molar refractivity (Wildman–Crippen MR) is 190 cm³/mol. The molecule has 3 aliphatic rings. The second-order valence-electron chi connectivity index (χ2n) is 14.2. The van der Waals surface area contributed by atoms with Gasteiger partial charge in [0.15, 0.2) is 0 Å². The fourth-order valence-corrected chi connectivity index (χ4v) is 8.47. The number of rotatable bonds is 10. The number of hydrogen-bond acceptors (Lipinski definition) is 5. The summed E-state index contributed by atoms with van der Waals surface area (Å²) in [6.07, 6.45) is 10.8. The molecular weight excluding hydrogens is 596 g/mol. The van der Waals surface area contributed by atoms with Crippen molar-refractivity contribution < 1.29 is 9.59 Å². The van der Waals surface area contributed by atoms with Crippen LogP contribution in [0.4, 0.5) is 0 Å². The van der Waals surface area contributed by atoms with Gasteiger partial charge in [-0.2, -0.15) is 0 Å². The Morgan fingerprint density at radius 2 is 1.46 bits per heavy atom. The lowest BCUT2D eigenvalue weighted by Crippen LogP contribution is -2.50. The summed E-state index contributed by atoms with van der Waals surface area (Å²) in [5.74, 6) is 0.398. The molecule has 252 valence electrons. The van der Waals surface area contributed by atoms with E-state index in [2.05, 4.69) is 68.2 Å². The van der Waals surface area contributed by atoms with Crippen molar-refractivity contribution in [3.63, 3.8) is 0 Å². The van der Waals surface area contributed by atoms with Gasteiger partial charge in [-0.3, -0.25) is 19.4 Å². The van der Waals surface area contributed by atoms with E-state index in [-0.39, 0.29) is 17.7 Å².